The molecule has 4 saturated heterocycles. The topological polar surface area (TPSA) is 128 Å². The number of rotatable bonds is 11. The van der Waals surface area contributed by atoms with Crippen LogP contribution in [0, 0.1) is 5.92 Å². The summed E-state index contributed by atoms with van der Waals surface area (Å²) >= 11 is 0. The van der Waals surface area contributed by atoms with Gasteiger partial charge in [0, 0.05) is 96.5 Å². The zero-order chi connectivity index (χ0) is 43.6. The van der Waals surface area contributed by atoms with Crippen molar-refractivity contribution in [3.63, 3.8) is 0 Å². The van der Waals surface area contributed by atoms with E-state index in [1.54, 1.807) is 50.2 Å². The first-order valence-electron chi connectivity index (χ1n) is 22.8. The molecule has 5 aliphatic rings. The summed E-state index contributed by atoms with van der Waals surface area (Å²) in [5, 5.41) is 17.2. The van der Waals surface area contributed by atoms with Crippen LogP contribution < -0.4 is 5.32 Å². The lowest BCUT2D eigenvalue weighted by Gasteiger charge is -2.55. The monoisotopic (exact) mass is 855 g/mol. The van der Waals surface area contributed by atoms with E-state index in [1.165, 1.54) is 38.6 Å². The summed E-state index contributed by atoms with van der Waals surface area (Å²) in [6, 6.07) is 21.2. The Morgan fingerprint density at radius 3 is 2.43 bits per heavy atom. The number of hydrogen-bond acceptors (Lipinski definition) is 8. The van der Waals surface area contributed by atoms with Crippen LogP contribution in [0.15, 0.2) is 91.6 Å². The van der Waals surface area contributed by atoms with Gasteiger partial charge < -0.3 is 34.6 Å². The van der Waals surface area contributed by atoms with Gasteiger partial charge in [-0.2, -0.15) is 0 Å². The maximum Gasteiger partial charge on any atom is 0.334 e. The molecule has 1 aliphatic carbocycles. The van der Waals surface area contributed by atoms with E-state index in [-0.39, 0.29) is 68.6 Å². The van der Waals surface area contributed by atoms with E-state index in [9.17, 15) is 24.3 Å². The van der Waals surface area contributed by atoms with Gasteiger partial charge in [-0.1, -0.05) is 86.0 Å². The molecule has 1 saturated carbocycles. The molecule has 5 amide bonds. The normalized spacial score (nSPS) is 22.9. The Balaban J connectivity index is 0.982. The lowest BCUT2D eigenvalue weighted by Crippen LogP contribution is -2.76. The largest absolute Gasteiger partial charge is 0.508 e. The Kier molecular flexibility index (Phi) is 12.6. The summed E-state index contributed by atoms with van der Waals surface area (Å²) in [6.45, 7) is 11.2. The van der Waals surface area contributed by atoms with E-state index < -0.39 is 12.2 Å². The van der Waals surface area contributed by atoms with E-state index in [4.69, 9.17) is 0 Å². The van der Waals surface area contributed by atoms with Crippen molar-refractivity contribution in [3.05, 3.63) is 114 Å². The molecule has 0 bridgehead atoms. The molecule has 0 radical (unpaired) electrons. The molecule has 3 atom stereocenters. The Morgan fingerprint density at radius 1 is 0.873 bits per heavy atom. The highest BCUT2D eigenvalue weighted by molar-refractivity contribution is 6.08. The number of aryl methyl sites for hydroxylation is 1. The van der Waals surface area contributed by atoms with Crippen LogP contribution in [0.1, 0.15) is 59.2 Å². The molecule has 5 heterocycles. The summed E-state index contributed by atoms with van der Waals surface area (Å²) in [5.74, 6) is 0.427. The molecule has 4 aliphatic heterocycles. The van der Waals surface area contributed by atoms with Crippen LogP contribution in [0.25, 0.3) is 10.9 Å². The quantitative estimate of drug-likeness (QED) is 0.209. The zero-order valence-corrected chi connectivity index (χ0v) is 36.5. The van der Waals surface area contributed by atoms with E-state index in [0.29, 0.717) is 24.7 Å². The van der Waals surface area contributed by atoms with E-state index >= 15 is 0 Å². The summed E-state index contributed by atoms with van der Waals surface area (Å²) in [4.78, 5) is 68.4. The summed E-state index contributed by atoms with van der Waals surface area (Å²) < 4.78 is 1.99. The van der Waals surface area contributed by atoms with Crippen LogP contribution in [0.3, 0.4) is 0 Å². The maximum absolute atomic E-state index is 14.8. The molecular formula is C49H61N9O5. The van der Waals surface area contributed by atoms with Gasteiger partial charge in [-0.05, 0) is 47.6 Å². The van der Waals surface area contributed by atoms with Crippen molar-refractivity contribution < 1.29 is 24.3 Å². The Hall–Kier alpha value is -5.70. The first kappa shape index (κ1) is 42.6. The number of nitrogens with one attached hydrogen (secondary N) is 1. The van der Waals surface area contributed by atoms with Crippen molar-refractivity contribution in [1.82, 2.24) is 44.4 Å². The number of nitrogens with zero attached hydrogens (tertiary/aromatic N) is 8. The molecule has 4 aromatic rings. The van der Waals surface area contributed by atoms with Gasteiger partial charge in [-0.25, -0.2) is 14.8 Å². The molecule has 63 heavy (non-hydrogen) atoms. The van der Waals surface area contributed by atoms with Crippen LogP contribution in [0.5, 0.6) is 5.75 Å². The number of hydrogen-bond donors (Lipinski definition) is 2. The number of amides is 5. The first-order chi connectivity index (χ1) is 30.6. The van der Waals surface area contributed by atoms with Gasteiger partial charge >= 0.3 is 6.03 Å². The van der Waals surface area contributed by atoms with E-state index in [2.05, 4.69) is 21.7 Å². The van der Waals surface area contributed by atoms with Gasteiger partial charge in [-0.15, -0.1) is 6.58 Å². The maximum atomic E-state index is 14.8. The van der Waals surface area contributed by atoms with E-state index in [0.717, 1.165) is 59.7 Å². The molecule has 3 aromatic carbocycles. The number of urea groups is 1. The van der Waals surface area contributed by atoms with Gasteiger partial charge in [0.05, 0.1) is 24.2 Å². The molecule has 1 aromatic heterocycles. The van der Waals surface area contributed by atoms with Crippen molar-refractivity contribution in [3.8, 4) is 5.75 Å². The Labute approximate surface area is 370 Å². The molecule has 332 valence electrons. The lowest BCUT2D eigenvalue weighted by molar-refractivity contribution is -0.189. The second kappa shape index (κ2) is 18.6. The molecule has 9 rings (SSSR count). The third-order valence-electron chi connectivity index (χ3n) is 14.0. The molecule has 0 spiro atoms. The van der Waals surface area contributed by atoms with Gasteiger partial charge in [-0.3, -0.25) is 19.3 Å². The molecule has 2 N–H and O–H groups in total. The van der Waals surface area contributed by atoms with Gasteiger partial charge in [0.25, 0.3) is 5.91 Å². The van der Waals surface area contributed by atoms with Crippen molar-refractivity contribution in [2.75, 3.05) is 65.4 Å². The third kappa shape index (κ3) is 8.94. The number of phenolic OH excluding ortho intramolecular Hbond substituents is 1. The summed E-state index contributed by atoms with van der Waals surface area (Å²) in [7, 11) is 1.95. The SMILES string of the molecule is C=CCN1CC(=O)N2[C@@H](Cc3ccc(O)cc3)C(=O)N(Cc3cccc4c(C(=O)N5CCN6CCN(CC7CCCCC7)CC6C5)cn(C)c34)C[C@@H]2N1C(=O)NCc1ccccc1. The molecule has 14 heteroatoms. The minimum absolute atomic E-state index is 0.0284. The molecule has 14 nitrogen and oxygen atoms in total. The third-order valence-corrected chi connectivity index (χ3v) is 14.0. The van der Waals surface area contributed by atoms with Crippen LogP contribution >= 0.6 is 0 Å². The van der Waals surface area contributed by atoms with Gasteiger partial charge in [0.1, 0.15) is 18.0 Å². The number of benzene rings is 3. The molecule has 5 fully saturated rings. The predicted molar refractivity (Wildman–Crippen MR) is 241 cm³/mol. The average Bonchev–Trinajstić information content (AvgIpc) is 3.64. The van der Waals surface area contributed by atoms with Crippen molar-refractivity contribution >= 4 is 34.7 Å². The Morgan fingerprint density at radius 2 is 1.65 bits per heavy atom. The number of hydrazine groups is 1. The number of phenols is 1. The van der Waals surface area contributed by atoms with Gasteiger partial charge in [0.15, 0.2) is 0 Å². The highest BCUT2D eigenvalue weighted by Gasteiger charge is 2.51. The van der Waals surface area contributed by atoms with Crippen LogP contribution in [-0.4, -0.2) is 152 Å². The van der Waals surface area contributed by atoms with Crippen molar-refractivity contribution in [2.45, 2.75) is 69.9 Å². The highest BCUT2D eigenvalue weighted by atomic mass is 16.3. The second-order valence-electron chi connectivity index (χ2n) is 18.2. The zero-order valence-electron chi connectivity index (χ0n) is 36.5. The number of piperazine rings is 3. The number of carbonyl (C=O) groups excluding carboxylic acids is 4. The summed E-state index contributed by atoms with van der Waals surface area (Å²) in [5.41, 5.74) is 4.08. The number of para-hydroxylation sites is 1. The minimum Gasteiger partial charge on any atom is -0.508 e. The molecular weight excluding hydrogens is 795 g/mol. The fourth-order valence-electron chi connectivity index (χ4n) is 10.9. The molecule has 1 unspecified atom stereocenters. The summed E-state index contributed by atoms with van der Waals surface area (Å²) in [6.07, 6.45) is 9.70. The van der Waals surface area contributed by atoms with Crippen LogP contribution in [0.2, 0.25) is 0 Å². The van der Waals surface area contributed by atoms with Gasteiger partial charge in [0.2, 0.25) is 11.8 Å². The predicted octanol–water partition coefficient (Wildman–Crippen LogP) is 4.64. The van der Waals surface area contributed by atoms with E-state index in [1.807, 2.05) is 71.2 Å². The minimum atomic E-state index is -0.919. The number of fused-ring (bicyclic) bond motifs is 3. The van der Waals surface area contributed by atoms with Crippen LogP contribution in [0.4, 0.5) is 4.79 Å². The number of aromatic hydroxyl groups is 1. The Bertz CT molecular complexity index is 2310. The standard InChI is InChI=1S/C49H61N9O5/c1-3-21-56-34-45(60)57-43(26-35-17-19-40(59)20-18-35)48(62)55(33-44(57)58(56)49(63)50-27-36-11-6-4-7-12-36)29-38-15-10-16-41-42(32-51(2)46(38)41)47(61)54-25-24-53-23-22-52(30-39(53)31-54)28-37-13-8-5-9-14-37/h3-4,6-7,10-12,15-20,32,37,39,43-44,59H,1,5,8-9,13-14,21-31,33-34H2,2H3,(H,50,63)/t39?,43-,44-/m0/s1. The fraction of sp³-hybridized carbons (Fsp3) is 0.469. The first-order valence-corrected chi connectivity index (χ1v) is 22.8. The van der Waals surface area contributed by atoms with Crippen molar-refractivity contribution in [2.24, 2.45) is 13.0 Å². The lowest BCUT2D eigenvalue weighted by atomic mass is 9.88. The van der Waals surface area contributed by atoms with Crippen LogP contribution in [-0.2, 0) is 36.1 Å². The number of carbonyl (C=O) groups is 4. The average molecular weight is 856 g/mol. The second-order valence-corrected chi connectivity index (χ2v) is 18.2. The smallest absolute Gasteiger partial charge is 0.334 e. The number of aromatic nitrogens is 1. The fourth-order valence-corrected chi connectivity index (χ4v) is 10.9. The highest BCUT2D eigenvalue weighted by Crippen LogP contribution is 2.33. The van der Waals surface area contributed by atoms with Crippen molar-refractivity contribution in [1.29, 1.82) is 0 Å².